The minimum absolute atomic E-state index is 0.128. The number of carbonyl (C=O) groups is 1. The maximum Gasteiger partial charge on any atom is 0.286 e. The molecule has 10 nitrogen and oxygen atoms in total. The Balaban J connectivity index is 2.02. The number of ether oxygens (including phenoxy) is 2. The fraction of sp³-hybridized carbons (Fsp3) is 0.409. The van der Waals surface area contributed by atoms with E-state index in [1.807, 2.05) is 0 Å². The van der Waals surface area contributed by atoms with Crippen molar-refractivity contribution in [1.82, 2.24) is 4.31 Å². The highest BCUT2D eigenvalue weighted by Gasteiger charge is 2.33. The molecule has 0 saturated heterocycles. The third-order valence-electron chi connectivity index (χ3n) is 5.54. The number of fused-ring (bicyclic) bond motifs is 1. The van der Waals surface area contributed by atoms with Crippen LogP contribution in [0.1, 0.15) is 36.7 Å². The van der Waals surface area contributed by atoms with Crippen molar-refractivity contribution in [2.75, 3.05) is 38.3 Å². The summed E-state index contributed by atoms with van der Waals surface area (Å²) in [5.74, 6) is -0.175. The first-order chi connectivity index (χ1) is 15.7. The van der Waals surface area contributed by atoms with Crippen LogP contribution < -0.4 is 14.4 Å². The van der Waals surface area contributed by atoms with Gasteiger partial charge in [-0.3, -0.25) is 14.9 Å². The maximum absolute atomic E-state index is 13.4. The summed E-state index contributed by atoms with van der Waals surface area (Å²) in [7, 11) is -2.28. The van der Waals surface area contributed by atoms with Crippen molar-refractivity contribution in [1.29, 1.82) is 0 Å². The number of carbonyl (C=O) groups excluding carboxylic acids is 1. The fourth-order valence-electron chi connectivity index (χ4n) is 3.91. The van der Waals surface area contributed by atoms with Gasteiger partial charge >= 0.3 is 0 Å². The molecule has 0 atom stereocenters. The van der Waals surface area contributed by atoms with Gasteiger partial charge in [0.25, 0.3) is 11.6 Å². The van der Waals surface area contributed by atoms with E-state index in [2.05, 4.69) is 0 Å². The number of sulfonamides is 1. The van der Waals surface area contributed by atoms with Gasteiger partial charge in [-0.15, -0.1) is 0 Å². The van der Waals surface area contributed by atoms with Gasteiger partial charge in [0.05, 0.1) is 29.6 Å². The van der Waals surface area contributed by atoms with Crippen molar-refractivity contribution in [3.8, 4) is 11.5 Å². The van der Waals surface area contributed by atoms with E-state index in [1.165, 1.54) is 34.5 Å². The van der Waals surface area contributed by atoms with Gasteiger partial charge in [0.15, 0.2) is 11.5 Å². The molecule has 1 heterocycles. The van der Waals surface area contributed by atoms with E-state index >= 15 is 0 Å². The van der Waals surface area contributed by atoms with Crippen LogP contribution in [0.25, 0.3) is 0 Å². The first-order valence-corrected chi connectivity index (χ1v) is 12.1. The second-order valence-electron chi connectivity index (χ2n) is 7.30. The Bertz CT molecular complexity index is 1180. The van der Waals surface area contributed by atoms with E-state index in [4.69, 9.17) is 9.47 Å². The number of nitrogens with zero attached hydrogens (tertiary/aromatic N) is 3. The molecule has 3 rings (SSSR count). The van der Waals surface area contributed by atoms with Crippen LogP contribution in [0.3, 0.4) is 0 Å². The Morgan fingerprint density at radius 2 is 1.85 bits per heavy atom. The molecule has 0 radical (unpaired) electrons. The Kier molecular flexibility index (Phi) is 7.23. The number of hydrogen-bond acceptors (Lipinski definition) is 7. The molecule has 0 bridgehead atoms. The molecule has 2 aromatic carbocycles. The van der Waals surface area contributed by atoms with Crippen LogP contribution in [0, 0.1) is 10.1 Å². The number of methoxy groups -OCH3 is 1. The third-order valence-corrected chi connectivity index (χ3v) is 7.59. The highest BCUT2D eigenvalue weighted by molar-refractivity contribution is 7.89. The molecule has 33 heavy (non-hydrogen) atoms. The standard InChI is InChI=1S/C22H27N3O7S/c1-5-23(6-2)33(29,30)16-8-9-18-15(12-16)10-11-24(18)22(26)17-13-21(32-7-3)20(31-4)14-19(17)25(27)28/h8-9,12-14H,5-7,10-11H2,1-4H3. The zero-order chi connectivity index (χ0) is 24.3. The maximum atomic E-state index is 13.4. The van der Waals surface area contributed by atoms with Crippen LogP contribution in [-0.2, 0) is 16.4 Å². The lowest BCUT2D eigenvalue weighted by molar-refractivity contribution is -0.385. The number of nitro benzene ring substituents is 1. The second kappa shape index (κ2) is 9.75. The predicted molar refractivity (Wildman–Crippen MR) is 123 cm³/mol. The Morgan fingerprint density at radius 3 is 2.42 bits per heavy atom. The number of anilines is 1. The van der Waals surface area contributed by atoms with Crippen molar-refractivity contribution in [2.24, 2.45) is 0 Å². The summed E-state index contributed by atoms with van der Waals surface area (Å²) in [5, 5.41) is 11.7. The normalized spacial score (nSPS) is 13.2. The summed E-state index contributed by atoms with van der Waals surface area (Å²) in [6, 6.07) is 7.11. The molecule has 0 aliphatic carbocycles. The Morgan fingerprint density at radius 1 is 1.15 bits per heavy atom. The molecule has 0 unspecified atom stereocenters. The monoisotopic (exact) mass is 477 g/mol. The average Bonchev–Trinajstić information content (AvgIpc) is 3.22. The lowest BCUT2D eigenvalue weighted by Gasteiger charge is -2.20. The van der Waals surface area contributed by atoms with Gasteiger partial charge in [-0.1, -0.05) is 13.8 Å². The van der Waals surface area contributed by atoms with Gasteiger partial charge in [-0.2, -0.15) is 4.31 Å². The third kappa shape index (κ3) is 4.51. The van der Waals surface area contributed by atoms with Crippen molar-refractivity contribution < 1.29 is 27.6 Å². The summed E-state index contributed by atoms with van der Waals surface area (Å²) in [5.41, 5.74) is 0.700. The SMILES string of the molecule is CCOc1cc(C(=O)N2CCc3cc(S(=O)(=O)N(CC)CC)ccc32)c([N+](=O)[O-])cc1OC. The largest absolute Gasteiger partial charge is 0.493 e. The van der Waals surface area contributed by atoms with Crippen LogP contribution in [-0.4, -0.2) is 56.9 Å². The van der Waals surface area contributed by atoms with Gasteiger partial charge in [0.1, 0.15) is 5.56 Å². The first-order valence-electron chi connectivity index (χ1n) is 10.6. The van der Waals surface area contributed by atoms with Crippen molar-refractivity contribution in [3.05, 3.63) is 51.6 Å². The van der Waals surface area contributed by atoms with E-state index in [9.17, 15) is 23.3 Å². The molecular formula is C22H27N3O7S. The molecule has 178 valence electrons. The molecule has 0 aromatic heterocycles. The van der Waals surface area contributed by atoms with Gasteiger partial charge in [0.2, 0.25) is 10.0 Å². The molecule has 0 spiro atoms. The lowest BCUT2D eigenvalue weighted by atomic mass is 10.1. The summed E-state index contributed by atoms with van der Waals surface area (Å²) >= 11 is 0. The number of rotatable bonds is 9. The van der Waals surface area contributed by atoms with Crippen LogP contribution in [0.5, 0.6) is 11.5 Å². The van der Waals surface area contributed by atoms with Crippen LogP contribution in [0.4, 0.5) is 11.4 Å². The molecule has 11 heteroatoms. The van der Waals surface area contributed by atoms with Crippen molar-refractivity contribution in [3.63, 3.8) is 0 Å². The quantitative estimate of drug-likeness (QED) is 0.402. The molecule has 0 fully saturated rings. The zero-order valence-corrected chi connectivity index (χ0v) is 19.8. The topological polar surface area (TPSA) is 119 Å². The smallest absolute Gasteiger partial charge is 0.286 e. The van der Waals surface area contributed by atoms with Gasteiger partial charge in [0, 0.05) is 31.4 Å². The first kappa shape index (κ1) is 24.5. The van der Waals surface area contributed by atoms with Gasteiger partial charge in [-0.25, -0.2) is 8.42 Å². The summed E-state index contributed by atoms with van der Waals surface area (Å²) < 4.78 is 37.7. The van der Waals surface area contributed by atoms with Crippen molar-refractivity contribution >= 4 is 27.3 Å². The molecular weight excluding hydrogens is 450 g/mol. The molecule has 0 N–H and O–H groups in total. The number of hydrogen-bond donors (Lipinski definition) is 0. The van der Waals surface area contributed by atoms with Gasteiger partial charge < -0.3 is 14.4 Å². The molecule has 1 amide bonds. The van der Waals surface area contributed by atoms with Crippen LogP contribution in [0.2, 0.25) is 0 Å². The summed E-state index contributed by atoms with van der Waals surface area (Å²) in [6.07, 6.45) is 0.435. The fourth-order valence-corrected chi connectivity index (χ4v) is 5.42. The van der Waals surface area contributed by atoms with E-state index in [0.717, 1.165) is 0 Å². The average molecular weight is 478 g/mol. The van der Waals surface area contributed by atoms with Crippen molar-refractivity contribution in [2.45, 2.75) is 32.1 Å². The zero-order valence-electron chi connectivity index (χ0n) is 19.0. The molecule has 1 aliphatic rings. The number of nitro groups is 1. The summed E-state index contributed by atoms with van der Waals surface area (Å²) in [6.45, 7) is 6.56. The minimum Gasteiger partial charge on any atom is -0.493 e. The molecule has 0 saturated carbocycles. The van der Waals surface area contributed by atoms with E-state index in [1.54, 1.807) is 32.9 Å². The Labute approximate surface area is 192 Å². The highest BCUT2D eigenvalue weighted by Crippen LogP contribution is 2.38. The second-order valence-corrected chi connectivity index (χ2v) is 9.23. The van der Waals surface area contributed by atoms with Crippen LogP contribution >= 0.6 is 0 Å². The highest BCUT2D eigenvalue weighted by atomic mass is 32.2. The van der Waals surface area contributed by atoms with Gasteiger partial charge in [-0.05, 0) is 37.1 Å². The van der Waals surface area contributed by atoms with E-state index in [-0.39, 0.29) is 35.1 Å². The predicted octanol–water partition coefficient (Wildman–Crippen LogP) is 3.24. The number of benzene rings is 2. The molecule has 1 aliphatic heterocycles. The van der Waals surface area contributed by atoms with Crippen LogP contribution in [0.15, 0.2) is 35.2 Å². The number of amides is 1. The molecule has 2 aromatic rings. The summed E-state index contributed by atoms with van der Waals surface area (Å²) in [4.78, 5) is 26.0. The Hall–Kier alpha value is -3.18. The minimum atomic E-state index is -3.64. The van der Waals surface area contributed by atoms with E-state index < -0.39 is 26.5 Å². The van der Waals surface area contributed by atoms with E-state index in [0.29, 0.717) is 30.8 Å². The lowest BCUT2D eigenvalue weighted by Crippen LogP contribution is -2.31.